The van der Waals surface area contributed by atoms with Crippen molar-refractivity contribution in [3.05, 3.63) is 54.4 Å². The minimum Gasteiger partial charge on any atom is -0.383 e. The standard InChI is InChI=1S/C18H24N4O/c1-4-22(16-8-6-5-7-9-16)18(23)17-11-10-15(14-20-17)19-12-13-21(2)3/h5-11,14,19H,4,12-13H2,1-3H3. The molecule has 0 unspecified atom stereocenters. The van der Waals surface area contributed by atoms with Crippen molar-refractivity contribution in [2.24, 2.45) is 0 Å². The predicted octanol–water partition coefficient (Wildman–Crippen LogP) is 2.72. The quantitative estimate of drug-likeness (QED) is 0.854. The monoisotopic (exact) mass is 312 g/mol. The molecule has 0 aliphatic rings. The molecule has 1 amide bonds. The second-order valence-electron chi connectivity index (χ2n) is 5.55. The average molecular weight is 312 g/mol. The van der Waals surface area contributed by atoms with E-state index in [1.165, 1.54) is 0 Å². The summed E-state index contributed by atoms with van der Waals surface area (Å²) in [6.07, 6.45) is 1.71. The highest BCUT2D eigenvalue weighted by Crippen LogP contribution is 2.16. The van der Waals surface area contributed by atoms with E-state index in [0.29, 0.717) is 12.2 Å². The largest absolute Gasteiger partial charge is 0.383 e. The molecule has 1 heterocycles. The Morgan fingerprint density at radius 3 is 2.43 bits per heavy atom. The maximum atomic E-state index is 12.6. The molecule has 0 aliphatic carbocycles. The van der Waals surface area contributed by atoms with Gasteiger partial charge in [-0.05, 0) is 45.3 Å². The van der Waals surface area contributed by atoms with Crippen LogP contribution in [0, 0.1) is 0 Å². The Hall–Kier alpha value is -2.40. The molecule has 23 heavy (non-hydrogen) atoms. The number of hydrogen-bond donors (Lipinski definition) is 1. The van der Waals surface area contributed by atoms with Crippen molar-refractivity contribution in [3.63, 3.8) is 0 Å². The van der Waals surface area contributed by atoms with E-state index < -0.39 is 0 Å². The number of carbonyl (C=O) groups is 1. The van der Waals surface area contributed by atoms with Gasteiger partial charge in [-0.1, -0.05) is 18.2 Å². The summed E-state index contributed by atoms with van der Waals surface area (Å²) < 4.78 is 0. The van der Waals surface area contributed by atoms with Crippen molar-refractivity contribution in [2.75, 3.05) is 43.9 Å². The van der Waals surface area contributed by atoms with Crippen LogP contribution in [0.3, 0.4) is 0 Å². The lowest BCUT2D eigenvalue weighted by Crippen LogP contribution is -2.31. The zero-order chi connectivity index (χ0) is 16.7. The molecule has 0 radical (unpaired) electrons. The SMILES string of the molecule is CCN(C(=O)c1ccc(NCCN(C)C)cn1)c1ccccc1. The Morgan fingerprint density at radius 1 is 1.13 bits per heavy atom. The molecule has 5 nitrogen and oxygen atoms in total. The van der Waals surface area contributed by atoms with Crippen molar-refractivity contribution in [2.45, 2.75) is 6.92 Å². The Kier molecular flexibility index (Phi) is 6.11. The van der Waals surface area contributed by atoms with Gasteiger partial charge >= 0.3 is 0 Å². The lowest BCUT2D eigenvalue weighted by atomic mass is 10.2. The van der Waals surface area contributed by atoms with Crippen LogP contribution in [-0.2, 0) is 0 Å². The molecule has 0 aliphatic heterocycles. The Balaban J connectivity index is 2.04. The fourth-order valence-corrected chi connectivity index (χ4v) is 2.24. The molecule has 1 aromatic carbocycles. The smallest absolute Gasteiger partial charge is 0.276 e. The molecule has 0 saturated carbocycles. The van der Waals surface area contributed by atoms with Gasteiger partial charge in [-0.3, -0.25) is 4.79 Å². The molecule has 1 aromatic heterocycles. The van der Waals surface area contributed by atoms with Gasteiger partial charge in [0.15, 0.2) is 0 Å². The first-order valence-electron chi connectivity index (χ1n) is 7.83. The molecule has 122 valence electrons. The summed E-state index contributed by atoms with van der Waals surface area (Å²) in [4.78, 5) is 20.8. The molecule has 0 fully saturated rings. The van der Waals surface area contributed by atoms with Crippen LogP contribution in [0.25, 0.3) is 0 Å². The van der Waals surface area contributed by atoms with E-state index >= 15 is 0 Å². The van der Waals surface area contributed by atoms with Crippen molar-refractivity contribution in [3.8, 4) is 0 Å². The van der Waals surface area contributed by atoms with Gasteiger partial charge in [-0.25, -0.2) is 4.98 Å². The third-order valence-corrected chi connectivity index (χ3v) is 3.50. The van der Waals surface area contributed by atoms with Gasteiger partial charge in [0, 0.05) is 25.3 Å². The van der Waals surface area contributed by atoms with E-state index in [0.717, 1.165) is 24.5 Å². The first-order chi connectivity index (χ1) is 11.1. The van der Waals surface area contributed by atoms with Crippen LogP contribution in [0.5, 0.6) is 0 Å². The number of amides is 1. The number of rotatable bonds is 7. The van der Waals surface area contributed by atoms with Crippen LogP contribution >= 0.6 is 0 Å². The summed E-state index contributed by atoms with van der Waals surface area (Å²) in [6.45, 7) is 4.35. The van der Waals surface area contributed by atoms with Crippen molar-refractivity contribution < 1.29 is 4.79 Å². The van der Waals surface area contributed by atoms with E-state index in [9.17, 15) is 4.79 Å². The number of hydrogen-bond acceptors (Lipinski definition) is 4. The fraction of sp³-hybridized carbons (Fsp3) is 0.333. The number of pyridine rings is 1. The fourth-order valence-electron chi connectivity index (χ4n) is 2.24. The Labute approximate surface area is 137 Å². The number of benzene rings is 1. The number of para-hydroxylation sites is 1. The molecular weight excluding hydrogens is 288 g/mol. The second kappa shape index (κ2) is 8.29. The van der Waals surface area contributed by atoms with Gasteiger partial charge in [-0.2, -0.15) is 0 Å². The number of aromatic nitrogens is 1. The number of likely N-dealkylation sites (N-methyl/N-ethyl adjacent to an activating group) is 1. The van der Waals surface area contributed by atoms with Gasteiger partial charge in [0.25, 0.3) is 5.91 Å². The third kappa shape index (κ3) is 4.79. The summed E-state index contributed by atoms with van der Waals surface area (Å²) in [5.74, 6) is -0.0847. The zero-order valence-electron chi connectivity index (χ0n) is 14.0. The summed E-state index contributed by atoms with van der Waals surface area (Å²) in [5.41, 5.74) is 2.26. The highest BCUT2D eigenvalue weighted by molar-refractivity contribution is 6.04. The molecule has 0 saturated heterocycles. The van der Waals surface area contributed by atoms with Gasteiger partial charge < -0.3 is 15.1 Å². The maximum absolute atomic E-state index is 12.6. The maximum Gasteiger partial charge on any atom is 0.276 e. The minimum absolute atomic E-state index is 0.0847. The summed E-state index contributed by atoms with van der Waals surface area (Å²) in [5, 5.41) is 3.29. The summed E-state index contributed by atoms with van der Waals surface area (Å²) in [6, 6.07) is 13.3. The van der Waals surface area contributed by atoms with Crippen LogP contribution in [0.2, 0.25) is 0 Å². The van der Waals surface area contributed by atoms with Crippen LogP contribution in [-0.4, -0.2) is 49.5 Å². The van der Waals surface area contributed by atoms with Crippen LogP contribution < -0.4 is 10.2 Å². The number of carbonyl (C=O) groups excluding carboxylic acids is 1. The first kappa shape index (κ1) is 17.0. The van der Waals surface area contributed by atoms with Gasteiger partial charge in [0.05, 0.1) is 11.9 Å². The predicted molar refractivity (Wildman–Crippen MR) is 95.1 cm³/mol. The van der Waals surface area contributed by atoms with E-state index in [1.54, 1.807) is 17.2 Å². The van der Waals surface area contributed by atoms with Gasteiger partial charge in [0.1, 0.15) is 5.69 Å². The first-order valence-corrected chi connectivity index (χ1v) is 7.83. The zero-order valence-corrected chi connectivity index (χ0v) is 14.0. The van der Waals surface area contributed by atoms with E-state index in [-0.39, 0.29) is 5.91 Å². The molecule has 0 bridgehead atoms. The average Bonchev–Trinajstić information content (AvgIpc) is 2.57. The molecule has 0 spiro atoms. The Morgan fingerprint density at radius 2 is 1.87 bits per heavy atom. The Bertz CT molecular complexity index is 611. The van der Waals surface area contributed by atoms with Crippen LogP contribution in [0.4, 0.5) is 11.4 Å². The lowest BCUT2D eigenvalue weighted by molar-refractivity contribution is 0.0983. The van der Waals surface area contributed by atoms with Gasteiger partial charge in [0.2, 0.25) is 0 Å². The summed E-state index contributed by atoms with van der Waals surface area (Å²) >= 11 is 0. The molecule has 2 aromatic rings. The highest BCUT2D eigenvalue weighted by atomic mass is 16.2. The molecule has 1 N–H and O–H groups in total. The summed E-state index contributed by atoms with van der Waals surface area (Å²) in [7, 11) is 4.06. The van der Waals surface area contributed by atoms with Crippen molar-refractivity contribution in [1.82, 2.24) is 9.88 Å². The van der Waals surface area contributed by atoms with E-state index in [4.69, 9.17) is 0 Å². The normalized spacial score (nSPS) is 10.6. The number of nitrogens with one attached hydrogen (secondary N) is 1. The topological polar surface area (TPSA) is 48.5 Å². The van der Waals surface area contributed by atoms with Crippen LogP contribution in [0.1, 0.15) is 17.4 Å². The number of anilines is 2. The third-order valence-electron chi connectivity index (χ3n) is 3.50. The molecular formula is C18H24N4O. The molecule has 5 heteroatoms. The van der Waals surface area contributed by atoms with Crippen LogP contribution in [0.15, 0.2) is 48.7 Å². The highest BCUT2D eigenvalue weighted by Gasteiger charge is 2.16. The second-order valence-corrected chi connectivity index (χ2v) is 5.55. The molecule has 2 rings (SSSR count). The van der Waals surface area contributed by atoms with E-state index in [2.05, 4.69) is 15.2 Å². The van der Waals surface area contributed by atoms with Crippen molar-refractivity contribution >= 4 is 17.3 Å². The van der Waals surface area contributed by atoms with Crippen molar-refractivity contribution in [1.29, 1.82) is 0 Å². The van der Waals surface area contributed by atoms with E-state index in [1.807, 2.05) is 57.4 Å². The number of nitrogens with zero attached hydrogens (tertiary/aromatic N) is 3. The molecule has 0 atom stereocenters. The lowest BCUT2D eigenvalue weighted by Gasteiger charge is -2.20. The van der Waals surface area contributed by atoms with Gasteiger partial charge in [-0.15, -0.1) is 0 Å². The minimum atomic E-state index is -0.0847.